The Hall–Kier alpha value is -3.96. The molecule has 1 aromatic heterocycles. The number of nitrogens with two attached hydrogens (primary N) is 1. The summed E-state index contributed by atoms with van der Waals surface area (Å²) in [6.07, 6.45) is 2.57. The minimum Gasteiger partial charge on any atom is -0.480 e. The van der Waals surface area contributed by atoms with E-state index in [9.17, 15) is 24.3 Å². The van der Waals surface area contributed by atoms with Crippen molar-refractivity contribution in [3.05, 3.63) is 35.7 Å². The van der Waals surface area contributed by atoms with Crippen molar-refractivity contribution in [2.24, 2.45) is 11.1 Å². The number of alkyl carbamates (subject to hydrolysis) is 1. The van der Waals surface area contributed by atoms with Crippen molar-refractivity contribution in [1.82, 2.24) is 20.5 Å². The van der Waals surface area contributed by atoms with Crippen molar-refractivity contribution in [3.8, 4) is 0 Å². The van der Waals surface area contributed by atoms with Crippen LogP contribution in [0.1, 0.15) is 19.0 Å². The Labute approximate surface area is 176 Å². The van der Waals surface area contributed by atoms with E-state index in [-0.39, 0.29) is 13.0 Å². The SMILES string of the molecule is C[C@@]1(COC(=O)NCC(=O)NC(=N)N)CC2/C(=C\c3ccccn3)C(=O)N2[C@H]1C(=O)O. The van der Waals surface area contributed by atoms with Gasteiger partial charge in [-0.05, 0) is 24.6 Å². The van der Waals surface area contributed by atoms with Gasteiger partial charge in [-0.3, -0.25) is 25.3 Å². The maximum Gasteiger partial charge on any atom is 0.407 e. The number of nitrogens with zero attached hydrogens (tertiary/aromatic N) is 2. The van der Waals surface area contributed by atoms with Crippen LogP contribution in [0.2, 0.25) is 0 Å². The van der Waals surface area contributed by atoms with Gasteiger partial charge >= 0.3 is 12.1 Å². The zero-order valence-corrected chi connectivity index (χ0v) is 16.6. The molecule has 12 heteroatoms. The van der Waals surface area contributed by atoms with Crippen LogP contribution in [-0.2, 0) is 19.1 Å². The largest absolute Gasteiger partial charge is 0.480 e. The number of aliphatic carboxylic acids is 1. The van der Waals surface area contributed by atoms with Crippen molar-refractivity contribution in [2.45, 2.75) is 25.4 Å². The summed E-state index contributed by atoms with van der Waals surface area (Å²) in [4.78, 5) is 53.3. The number of carboxylic acid groups (broad SMARTS) is 1. The second-order valence-electron chi connectivity index (χ2n) is 7.57. The summed E-state index contributed by atoms with van der Waals surface area (Å²) in [6, 6.07) is 3.67. The highest BCUT2D eigenvalue weighted by atomic mass is 16.5. The van der Waals surface area contributed by atoms with E-state index in [0.29, 0.717) is 11.3 Å². The molecule has 12 nitrogen and oxygen atoms in total. The van der Waals surface area contributed by atoms with Gasteiger partial charge in [0.25, 0.3) is 5.91 Å². The van der Waals surface area contributed by atoms with Gasteiger partial charge in [0.2, 0.25) is 5.91 Å². The van der Waals surface area contributed by atoms with Crippen LogP contribution in [0.25, 0.3) is 6.08 Å². The van der Waals surface area contributed by atoms with E-state index in [2.05, 4.69) is 10.3 Å². The van der Waals surface area contributed by atoms with E-state index in [0.717, 1.165) is 0 Å². The third kappa shape index (κ3) is 4.47. The summed E-state index contributed by atoms with van der Waals surface area (Å²) < 4.78 is 5.13. The van der Waals surface area contributed by atoms with Gasteiger partial charge < -0.3 is 25.8 Å². The molecule has 6 N–H and O–H groups in total. The van der Waals surface area contributed by atoms with Gasteiger partial charge in [0.05, 0.1) is 11.7 Å². The van der Waals surface area contributed by atoms with Crippen molar-refractivity contribution < 1.29 is 29.0 Å². The minimum absolute atomic E-state index is 0.277. The molecule has 31 heavy (non-hydrogen) atoms. The molecule has 2 saturated heterocycles. The first-order valence-electron chi connectivity index (χ1n) is 9.35. The molecule has 3 rings (SSSR count). The first-order chi connectivity index (χ1) is 14.6. The molecule has 2 aliphatic rings. The summed E-state index contributed by atoms with van der Waals surface area (Å²) in [6.45, 7) is 0.883. The molecular formula is C19H22N6O6. The summed E-state index contributed by atoms with van der Waals surface area (Å²) >= 11 is 0. The fourth-order valence-corrected chi connectivity index (χ4v) is 3.87. The fourth-order valence-electron chi connectivity index (χ4n) is 3.87. The van der Waals surface area contributed by atoms with Crippen LogP contribution in [0.15, 0.2) is 30.0 Å². The molecule has 0 spiro atoms. The molecule has 1 aromatic rings. The molecule has 0 bridgehead atoms. The van der Waals surface area contributed by atoms with Crippen molar-refractivity contribution >= 4 is 35.9 Å². The van der Waals surface area contributed by atoms with Crippen LogP contribution in [0.4, 0.5) is 4.79 Å². The fraction of sp³-hybridized carbons (Fsp3) is 0.368. The Morgan fingerprint density at radius 1 is 1.45 bits per heavy atom. The van der Waals surface area contributed by atoms with Gasteiger partial charge in [-0.1, -0.05) is 13.0 Å². The zero-order valence-electron chi connectivity index (χ0n) is 16.6. The Morgan fingerprint density at radius 3 is 2.81 bits per heavy atom. The minimum atomic E-state index is -1.19. The number of ether oxygens (including phenoxy) is 1. The maximum absolute atomic E-state index is 12.6. The average molecular weight is 430 g/mol. The topological polar surface area (TPSA) is 188 Å². The van der Waals surface area contributed by atoms with Crippen LogP contribution in [0.5, 0.6) is 0 Å². The van der Waals surface area contributed by atoms with E-state index in [1.54, 1.807) is 37.4 Å². The number of nitrogens with one attached hydrogen (secondary N) is 3. The number of carbonyl (C=O) groups excluding carboxylic acids is 3. The standard InChI is InChI=1S/C19H22N6O6/c1-19(9-31-18(30)23-8-13(26)24-17(20)21)7-12-11(6-10-4-2-3-5-22-10)15(27)25(12)14(19)16(28)29/h2-6,12,14H,7-9H2,1H3,(H,23,30)(H,28,29)(H4,20,21,24,26)/b11-6+/t12?,14-,19-/m0/s1. The van der Waals surface area contributed by atoms with E-state index >= 15 is 0 Å². The molecule has 0 radical (unpaired) electrons. The molecular weight excluding hydrogens is 408 g/mol. The van der Waals surface area contributed by atoms with E-state index in [1.807, 2.05) is 5.32 Å². The molecule has 3 atom stereocenters. The van der Waals surface area contributed by atoms with E-state index in [1.165, 1.54) is 4.90 Å². The highest BCUT2D eigenvalue weighted by Crippen LogP contribution is 2.49. The number of hydrogen-bond donors (Lipinski definition) is 5. The third-order valence-corrected chi connectivity index (χ3v) is 5.20. The quantitative estimate of drug-likeness (QED) is 0.169. The number of hydrogen-bond acceptors (Lipinski definition) is 7. The predicted octanol–water partition coefficient (Wildman–Crippen LogP) is -0.725. The number of carbonyl (C=O) groups is 4. The molecule has 0 aliphatic carbocycles. The maximum atomic E-state index is 12.6. The monoisotopic (exact) mass is 430 g/mol. The summed E-state index contributed by atoms with van der Waals surface area (Å²) in [5, 5.41) is 20.9. The number of rotatable bonds is 6. The molecule has 3 heterocycles. The van der Waals surface area contributed by atoms with Crippen molar-refractivity contribution in [1.29, 1.82) is 5.41 Å². The van der Waals surface area contributed by atoms with Crippen molar-refractivity contribution in [3.63, 3.8) is 0 Å². The Kier molecular flexibility index (Phi) is 5.90. The Morgan fingerprint density at radius 2 is 2.19 bits per heavy atom. The van der Waals surface area contributed by atoms with Gasteiger partial charge in [0, 0.05) is 17.2 Å². The summed E-state index contributed by atoms with van der Waals surface area (Å²) in [5.41, 5.74) is 5.03. The number of β-lactam (4-membered cyclic amide) rings is 1. The highest BCUT2D eigenvalue weighted by molar-refractivity contribution is 6.08. The van der Waals surface area contributed by atoms with Gasteiger partial charge in [0.1, 0.15) is 19.2 Å². The Balaban J connectivity index is 1.66. The third-order valence-electron chi connectivity index (χ3n) is 5.20. The van der Waals surface area contributed by atoms with Gasteiger partial charge in [-0.15, -0.1) is 0 Å². The number of pyridine rings is 1. The molecule has 0 aromatic carbocycles. The average Bonchev–Trinajstić information content (AvgIpc) is 2.99. The number of aromatic nitrogens is 1. The van der Waals surface area contributed by atoms with E-state index < -0.39 is 53.9 Å². The first-order valence-corrected chi connectivity index (χ1v) is 9.35. The van der Waals surface area contributed by atoms with Crippen LogP contribution < -0.4 is 16.4 Å². The van der Waals surface area contributed by atoms with Crippen LogP contribution in [0.3, 0.4) is 0 Å². The lowest BCUT2D eigenvalue weighted by molar-refractivity contribution is -0.155. The summed E-state index contributed by atoms with van der Waals surface area (Å²) in [5.74, 6) is -2.86. The van der Waals surface area contributed by atoms with Gasteiger partial charge in [-0.2, -0.15) is 0 Å². The first kappa shape index (κ1) is 21.7. The number of amides is 3. The normalized spacial score (nSPS) is 25.4. The number of fused-ring (bicyclic) bond motifs is 1. The second-order valence-corrected chi connectivity index (χ2v) is 7.57. The molecule has 3 amide bonds. The zero-order chi connectivity index (χ0) is 22.8. The smallest absolute Gasteiger partial charge is 0.407 e. The van der Waals surface area contributed by atoms with Gasteiger partial charge in [-0.25, -0.2) is 9.59 Å². The second kappa shape index (κ2) is 8.42. The molecule has 2 aliphatic heterocycles. The number of guanidine groups is 1. The lowest BCUT2D eigenvalue weighted by Crippen LogP contribution is -2.58. The molecule has 0 saturated carbocycles. The predicted molar refractivity (Wildman–Crippen MR) is 106 cm³/mol. The van der Waals surface area contributed by atoms with E-state index in [4.69, 9.17) is 15.9 Å². The Bertz CT molecular complexity index is 964. The lowest BCUT2D eigenvalue weighted by atomic mass is 9.81. The molecule has 164 valence electrons. The summed E-state index contributed by atoms with van der Waals surface area (Å²) in [7, 11) is 0. The highest BCUT2D eigenvalue weighted by Gasteiger charge is 2.62. The van der Waals surface area contributed by atoms with Crippen LogP contribution in [-0.4, -0.2) is 70.1 Å². The van der Waals surface area contributed by atoms with Crippen molar-refractivity contribution in [2.75, 3.05) is 13.2 Å². The van der Waals surface area contributed by atoms with Crippen LogP contribution in [0, 0.1) is 10.8 Å². The van der Waals surface area contributed by atoms with Crippen LogP contribution >= 0.6 is 0 Å². The molecule has 1 unspecified atom stereocenters. The lowest BCUT2D eigenvalue weighted by Gasteiger charge is -2.40. The number of carboxylic acids is 1. The van der Waals surface area contributed by atoms with Gasteiger partial charge in [0.15, 0.2) is 5.96 Å². The molecule has 2 fully saturated rings.